The molecule has 0 saturated heterocycles. The van der Waals surface area contributed by atoms with E-state index < -0.39 is 0 Å². The molecule has 0 nitrogen and oxygen atoms in total. The Morgan fingerprint density at radius 1 is 0.586 bits per heavy atom. The van der Waals surface area contributed by atoms with Gasteiger partial charge in [0.15, 0.2) is 0 Å². The highest BCUT2D eigenvalue weighted by molar-refractivity contribution is 5.91. The van der Waals surface area contributed by atoms with Crippen molar-refractivity contribution < 1.29 is 0 Å². The van der Waals surface area contributed by atoms with Gasteiger partial charge in [0.25, 0.3) is 0 Å². The summed E-state index contributed by atoms with van der Waals surface area (Å²) in [6, 6.07) is 29.5. The van der Waals surface area contributed by atoms with Crippen LogP contribution in [0.2, 0.25) is 0 Å². The molecule has 0 aliphatic heterocycles. The molecule has 0 bridgehead atoms. The minimum atomic E-state index is 1.02. The molecule has 0 unspecified atom stereocenters. The molecule has 4 aromatic carbocycles. The van der Waals surface area contributed by atoms with E-state index in [4.69, 9.17) is 0 Å². The number of aryl methyl sites for hydroxylation is 1. The Balaban J connectivity index is 1.59. The van der Waals surface area contributed by atoms with Gasteiger partial charge in [-0.15, -0.1) is 0 Å². The third-order valence-corrected chi connectivity index (χ3v) is 6.84. The monoisotopic (exact) mass is 372 g/mol. The smallest absolute Gasteiger partial charge is 0.000718 e. The molecule has 0 heterocycles. The van der Waals surface area contributed by atoms with Gasteiger partial charge in [-0.1, -0.05) is 85.8 Å². The Bertz CT molecular complexity index is 1260. The molecule has 0 radical (unpaired) electrons. The molecule has 2 aliphatic carbocycles. The van der Waals surface area contributed by atoms with Crippen molar-refractivity contribution in [2.75, 3.05) is 0 Å². The Hall–Kier alpha value is -3.12. The maximum atomic E-state index is 2.51. The zero-order valence-corrected chi connectivity index (χ0v) is 16.8. The summed E-state index contributed by atoms with van der Waals surface area (Å²) >= 11 is 0. The first-order valence-corrected chi connectivity index (χ1v) is 10.7. The minimum absolute atomic E-state index is 1.02. The molecule has 140 valence electrons. The van der Waals surface area contributed by atoms with Gasteiger partial charge >= 0.3 is 0 Å². The molecule has 0 fully saturated rings. The zero-order chi connectivity index (χ0) is 19.4. The van der Waals surface area contributed by atoms with Gasteiger partial charge in [-0.25, -0.2) is 0 Å². The van der Waals surface area contributed by atoms with Gasteiger partial charge in [0.2, 0.25) is 0 Å². The van der Waals surface area contributed by atoms with E-state index in [1.807, 2.05) is 0 Å². The van der Waals surface area contributed by atoms with E-state index in [9.17, 15) is 0 Å². The van der Waals surface area contributed by atoms with Crippen molar-refractivity contribution >= 4 is 0 Å². The van der Waals surface area contributed by atoms with Crippen molar-refractivity contribution in [3.8, 4) is 22.3 Å². The lowest BCUT2D eigenvalue weighted by Crippen LogP contribution is -2.00. The normalized spacial score (nSPS) is 13.0. The van der Waals surface area contributed by atoms with E-state index in [1.165, 1.54) is 50.1 Å². The van der Waals surface area contributed by atoms with E-state index in [0.29, 0.717) is 0 Å². The maximum absolute atomic E-state index is 2.51. The van der Waals surface area contributed by atoms with E-state index in [2.05, 4.69) is 85.8 Å². The summed E-state index contributed by atoms with van der Waals surface area (Å²) in [5.74, 6) is 0. The topological polar surface area (TPSA) is 0 Å². The van der Waals surface area contributed by atoms with Crippen LogP contribution in [0.3, 0.4) is 0 Å². The minimum Gasteiger partial charge on any atom is -0.0620 e. The number of hydrogen-bond acceptors (Lipinski definition) is 0. The van der Waals surface area contributed by atoms with Gasteiger partial charge in [0, 0.05) is 0 Å². The zero-order valence-electron chi connectivity index (χ0n) is 16.8. The van der Waals surface area contributed by atoms with Crippen molar-refractivity contribution in [2.45, 2.75) is 32.6 Å². The number of hydrogen-bond donors (Lipinski definition) is 0. The van der Waals surface area contributed by atoms with Gasteiger partial charge in [0.1, 0.15) is 0 Å². The molecule has 0 N–H and O–H groups in total. The van der Waals surface area contributed by atoms with E-state index in [-0.39, 0.29) is 0 Å². The third kappa shape index (κ3) is 2.52. The van der Waals surface area contributed by atoms with Gasteiger partial charge in [0.05, 0.1) is 0 Å². The van der Waals surface area contributed by atoms with Crippen LogP contribution in [0.5, 0.6) is 0 Å². The van der Waals surface area contributed by atoms with Gasteiger partial charge < -0.3 is 0 Å². The van der Waals surface area contributed by atoms with Crippen LogP contribution in [0.4, 0.5) is 0 Å². The average molecular weight is 373 g/mol. The Kier molecular flexibility index (Phi) is 3.74. The molecule has 6 rings (SSSR count). The van der Waals surface area contributed by atoms with Crippen molar-refractivity contribution in [1.29, 1.82) is 0 Å². The molecule has 0 aromatic heterocycles. The molecule has 0 amide bonds. The lowest BCUT2D eigenvalue weighted by atomic mass is 9.88. The summed E-state index contributed by atoms with van der Waals surface area (Å²) in [6.45, 7) is 2.26. The second kappa shape index (κ2) is 6.46. The predicted octanol–water partition coefficient (Wildman–Crippen LogP) is 6.98. The standard InChI is InChI=1S/C29H24/c1-2-19-9-3-4-10-20(19)15-23-18-27-24-13-7-5-11-21(24)17-28(27)29-25-14-8-6-12-22(25)16-26(23)29/h3-14,18H,2,15-17H2,1H3. The first kappa shape index (κ1) is 16.8. The second-order valence-corrected chi connectivity index (χ2v) is 8.38. The van der Waals surface area contributed by atoms with Crippen molar-refractivity contribution in [3.63, 3.8) is 0 Å². The fourth-order valence-corrected chi connectivity index (χ4v) is 5.45. The Morgan fingerprint density at radius 2 is 1.21 bits per heavy atom. The first-order chi connectivity index (χ1) is 14.3. The molecule has 0 atom stereocenters. The summed E-state index contributed by atoms with van der Waals surface area (Å²) in [6.07, 6.45) is 4.24. The Morgan fingerprint density at radius 3 is 2.00 bits per heavy atom. The SMILES string of the molecule is CCc1ccccc1Cc1cc2c(c3c1Cc1ccccc1-3)Cc1ccccc1-2. The highest BCUT2D eigenvalue weighted by Gasteiger charge is 2.30. The molecule has 0 spiro atoms. The summed E-state index contributed by atoms with van der Waals surface area (Å²) in [5, 5.41) is 0. The van der Waals surface area contributed by atoms with E-state index >= 15 is 0 Å². The molecule has 29 heavy (non-hydrogen) atoms. The maximum Gasteiger partial charge on any atom is -0.000718 e. The Labute approximate surface area is 172 Å². The first-order valence-electron chi connectivity index (χ1n) is 10.7. The summed E-state index contributed by atoms with van der Waals surface area (Å²) in [5.41, 5.74) is 16.4. The van der Waals surface area contributed by atoms with Crippen LogP contribution in [0.15, 0.2) is 78.9 Å². The van der Waals surface area contributed by atoms with Crippen LogP contribution < -0.4 is 0 Å². The fraction of sp³-hybridized carbons (Fsp3) is 0.172. The van der Waals surface area contributed by atoms with Crippen LogP contribution in [-0.4, -0.2) is 0 Å². The van der Waals surface area contributed by atoms with Crippen LogP contribution in [0, 0.1) is 0 Å². The largest absolute Gasteiger partial charge is 0.0620 e. The summed E-state index contributed by atoms with van der Waals surface area (Å²) in [7, 11) is 0. The summed E-state index contributed by atoms with van der Waals surface area (Å²) in [4.78, 5) is 0. The van der Waals surface area contributed by atoms with Gasteiger partial charge in [-0.2, -0.15) is 0 Å². The molecule has 0 heteroatoms. The van der Waals surface area contributed by atoms with Crippen molar-refractivity contribution in [1.82, 2.24) is 0 Å². The van der Waals surface area contributed by atoms with Crippen LogP contribution in [0.1, 0.15) is 45.9 Å². The second-order valence-electron chi connectivity index (χ2n) is 8.38. The van der Waals surface area contributed by atoms with Crippen LogP contribution in [0.25, 0.3) is 22.3 Å². The number of fused-ring (bicyclic) bond motifs is 7. The number of rotatable bonds is 3. The lowest BCUT2D eigenvalue weighted by molar-refractivity contribution is 1.04. The summed E-state index contributed by atoms with van der Waals surface area (Å²) < 4.78 is 0. The van der Waals surface area contributed by atoms with Crippen molar-refractivity contribution in [3.05, 3.63) is 118 Å². The van der Waals surface area contributed by atoms with E-state index in [0.717, 1.165) is 25.7 Å². The van der Waals surface area contributed by atoms with Crippen LogP contribution in [-0.2, 0) is 25.7 Å². The van der Waals surface area contributed by atoms with E-state index in [1.54, 1.807) is 11.1 Å². The van der Waals surface area contributed by atoms with Gasteiger partial charge in [-0.3, -0.25) is 0 Å². The molecular formula is C29H24. The molecule has 4 aromatic rings. The van der Waals surface area contributed by atoms with Crippen LogP contribution >= 0.6 is 0 Å². The quantitative estimate of drug-likeness (QED) is 0.314. The third-order valence-electron chi connectivity index (χ3n) is 6.84. The fourth-order valence-electron chi connectivity index (χ4n) is 5.45. The predicted molar refractivity (Wildman–Crippen MR) is 122 cm³/mol. The molecular weight excluding hydrogens is 348 g/mol. The average Bonchev–Trinajstić information content (AvgIpc) is 3.33. The van der Waals surface area contributed by atoms with Gasteiger partial charge in [-0.05, 0) is 86.9 Å². The molecule has 2 aliphatic rings. The highest BCUT2D eigenvalue weighted by atomic mass is 14.3. The number of benzene rings is 4. The highest BCUT2D eigenvalue weighted by Crippen LogP contribution is 2.49. The van der Waals surface area contributed by atoms with Crippen molar-refractivity contribution in [2.24, 2.45) is 0 Å². The lowest BCUT2D eigenvalue weighted by Gasteiger charge is -2.16. The molecule has 0 saturated carbocycles.